The first-order chi connectivity index (χ1) is 18.6. The molecule has 0 N–H and O–H groups in total. The van der Waals surface area contributed by atoms with Gasteiger partial charge in [0.1, 0.15) is 17.2 Å². The second-order valence-electron chi connectivity index (χ2n) is 9.35. The quantitative estimate of drug-likeness (QED) is 0.188. The minimum absolute atomic E-state index is 0.0761. The monoisotopic (exact) mass is 553 g/mol. The number of likely N-dealkylation sites (tertiary alicyclic amines) is 1. The lowest BCUT2D eigenvalue weighted by Crippen LogP contribution is -2.37. The number of alkyl halides is 6. The molecule has 0 spiro atoms. The Bertz CT molecular complexity index is 1170. The zero-order valence-electron chi connectivity index (χ0n) is 21.1. The van der Waals surface area contributed by atoms with Crippen molar-refractivity contribution in [3.05, 3.63) is 89.5 Å². The van der Waals surface area contributed by atoms with Crippen molar-refractivity contribution in [3.63, 3.8) is 0 Å². The van der Waals surface area contributed by atoms with Gasteiger partial charge in [0.25, 0.3) is 0 Å². The van der Waals surface area contributed by atoms with E-state index < -0.39 is 23.5 Å². The van der Waals surface area contributed by atoms with Crippen LogP contribution < -0.4 is 9.47 Å². The van der Waals surface area contributed by atoms with E-state index in [1.165, 1.54) is 24.3 Å². The molecule has 4 nitrogen and oxygen atoms in total. The third-order valence-electron chi connectivity index (χ3n) is 6.41. The van der Waals surface area contributed by atoms with Gasteiger partial charge in [0, 0.05) is 25.7 Å². The smallest absolute Gasteiger partial charge is 0.416 e. The summed E-state index contributed by atoms with van der Waals surface area (Å²) in [5, 5.41) is 0. The summed E-state index contributed by atoms with van der Waals surface area (Å²) < 4.78 is 93.6. The predicted octanol–water partition coefficient (Wildman–Crippen LogP) is 7.97. The van der Waals surface area contributed by atoms with Crippen molar-refractivity contribution in [1.82, 2.24) is 4.90 Å². The molecule has 0 bridgehead atoms. The van der Waals surface area contributed by atoms with E-state index >= 15 is 0 Å². The number of benzene rings is 3. The van der Waals surface area contributed by atoms with Gasteiger partial charge in [-0.05, 0) is 73.4 Å². The molecule has 0 saturated carbocycles. The van der Waals surface area contributed by atoms with Crippen molar-refractivity contribution in [2.45, 2.75) is 44.3 Å². The van der Waals surface area contributed by atoms with Gasteiger partial charge in [-0.3, -0.25) is 0 Å². The molecule has 210 valence electrons. The summed E-state index contributed by atoms with van der Waals surface area (Å²) in [4.78, 5) is 2.32. The predicted molar refractivity (Wildman–Crippen MR) is 134 cm³/mol. The fourth-order valence-corrected chi connectivity index (χ4v) is 4.26. The molecular formula is C29H29F6NO3. The number of hydrogen-bond donors (Lipinski definition) is 0. The highest BCUT2D eigenvalue weighted by atomic mass is 19.4. The maximum absolute atomic E-state index is 12.7. The molecule has 0 unspecified atom stereocenters. The molecule has 0 amide bonds. The average Bonchev–Trinajstić information content (AvgIpc) is 2.90. The minimum Gasteiger partial charge on any atom is -0.493 e. The van der Waals surface area contributed by atoms with Crippen LogP contribution in [0, 0.1) is 0 Å². The van der Waals surface area contributed by atoms with Gasteiger partial charge in [-0.15, -0.1) is 0 Å². The average molecular weight is 554 g/mol. The normalized spacial score (nSPS) is 15.3. The van der Waals surface area contributed by atoms with Crippen LogP contribution in [0.1, 0.15) is 36.0 Å². The van der Waals surface area contributed by atoms with Gasteiger partial charge in [-0.1, -0.05) is 18.2 Å². The van der Waals surface area contributed by atoms with E-state index in [1.54, 1.807) is 24.3 Å². The van der Waals surface area contributed by atoms with Crippen molar-refractivity contribution in [2.75, 3.05) is 26.2 Å². The van der Waals surface area contributed by atoms with E-state index in [0.717, 1.165) is 68.7 Å². The lowest BCUT2D eigenvalue weighted by molar-refractivity contribution is -0.138. The molecule has 1 aliphatic rings. The highest BCUT2D eigenvalue weighted by molar-refractivity contribution is 5.38. The molecule has 1 aliphatic heterocycles. The Hall–Kier alpha value is -3.24. The summed E-state index contributed by atoms with van der Waals surface area (Å²) >= 11 is 0. The lowest BCUT2D eigenvalue weighted by atomic mass is 10.1. The number of hydrogen-bond acceptors (Lipinski definition) is 4. The van der Waals surface area contributed by atoms with Crippen LogP contribution in [-0.4, -0.2) is 37.2 Å². The standard InChI is InChI=1S/C29H29F6NO3/c30-28(31,32)22-7-5-21(6-8-22)20-38-24-13-16-36(17-14-24)15-2-18-37-26-3-1-4-27(19-26)39-25-11-9-23(10-12-25)29(33,34)35/h1,3-12,19,24H,2,13-18,20H2. The fourth-order valence-electron chi connectivity index (χ4n) is 4.26. The molecule has 0 aromatic heterocycles. The van der Waals surface area contributed by atoms with Crippen LogP contribution in [-0.2, 0) is 23.7 Å². The lowest BCUT2D eigenvalue weighted by Gasteiger charge is -2.31. The van der Waals surface area contributed by atoms with Crippen LogP contribution in [0.15, 0.2) is 72.8 Å². The Morgan fingerprint density at radius 3 is 1.92 bits per heavy atom. The number of rotatable bonds is 10. The Balaban J connectivity index is 1.12. The minimum atomic E-state index is -4.39. The summed E-state index contributed by atoms with van der Waals surface area (Å²) in [6, 6.07) is 16.5. The second kappa shape index (κ2) is 12.7. The molecular weight excluding hydrogens is 524 g/mol. The Kier molecular flexibility index (Phi) is 9.40. The third kappa shape index (κ3) is 8.90. The van der Waals surface area contributed by atoms with Crippen molar-refractivity contribution in [1.29, 1.82) is 0 Å². The van der Waals surface area contributed by atoms with Gasteiger partial charge in [0.15, 0.2) is 0 Å². The van der Waals surface area contributed by atoms with Crippen LogP contribution in [0.4, 0.5) is 26.3 Å². The highest BCUT2D eigenvalue weighted by Crippen LogP contribution is 2.32. The largest absolute Gasteiger partial charge is 0.493 e. The molecule has 3 aromatic carbocycles. The number of halogens is 6. The van der Waals surface area contributed by atoms with E-state index in [2.05, 4.69) is 4.90 Å². The molecule has 4 rings (SSSR count). The summed E-state index contributed by atoms with van der Waals surface area (Å²) in [6.45, 7) is 3.38. The summed E-state index contributed by atoms with van der Waals surface area (Å²) in [7, 11) is 0. The molecule has 1 fully saturated rings. The third-order valence-corrected chi connectivity index (χ3v) is 6.41. The van der Waals surface area contributed by atoms with E-state index in [4.69, 9.17) is 14.2 Å². The topological polar surface area (TPSA) is 30.9 Å². The van der Waals surface area contributed by atoms with Gasteiger partial charge in [-0.25, -0.2) is 0 Å². The van der Waals surface area contributed by atoms with E-state index in [-0.39, 0.29) is 12.7 Å². The molecule has 1 saturated heterocycles. The van der Waals surface area contributed by atoms with Gasteiger partial charge in [-0.2, -0.15) is 26.3 Å². The maximum atomic E-state index is 12.7. The molecule has 10 heteroatoms. The first-order valence-electron chi connectivity index (χ1n) is 12.6. The second-order valence-corrected chi connectivity index (χ2v) is 9.35. The van der Waals surface area contributed by atoms with E-state index in [0.29, 0.717) is 23.9 Å². The van der Waals surface area contributed by atoms with Crippen LogP contribution in [0.5, 0.6) is 17.2 Å². The van der Waals surface area contributed by atoms with Crippen LogP contribution in [0.25, 0.3) is 0 Å². The number of piperidine rings is 1. The first-order valence-corrected chi connectivity index (χ1v) is 12.6. The molecule has 1 heterocycles. The summed E-state index contributed by atoms with van der Waals surface area (Å²) in [5.41, 5.74) is -0.680. The Labute approximate surface area is 223 Å². The zero-order chi connectivity index (χ0) is 27.9. The van der Waals surface area contributed by atoms with E-state index in [1.807, 2.05) is 0 Å². The Morgan fingerprint density at radius 1 is 0.718 bits per heavy atom. The van der Waals surface area contributed by atoms with Crippen LogP contribution >= 0.6 is 0 Å². The fraction of sp³-hybridized carbons (Fsp3) is 0.379. The molecule has 0 atom stereocenters. The van der Waals surface area contributed by atoms with Crippen LogP contribution in [0.3, 0.4) is 0 Å². The Morgan fingerprint density at radius 2 is 1.31 bits per heavy atom. The van der Waals surface area contributed by atoms with Gasteiger partial charge in [0.05, 0.1) is 30.4 Å². The molecule has 3 aromatic rings. The first kappa shape index (κ1) is 28.8. The zero-order valence-corrected chi connectivity index (χ0v) is 21.1. The summed E-state index contributed by atoms with van der Waals surface area (Å²) in [5.74, 6) is 1.37. The van der Waals surface area contributed by atoms with E-state index in [9.17, 15) is 26.3 Å². The van der Waals surface area contributed by atoms with Crippen molar-refractivity contribution >= 4 is 0 Å². The van der Waals surface area contributed by atoms with Crippen molar-refractivity contribution in [2.24, 2.45) is 0 Å². The molecule has 0 radical (unpaired) electrons. The highest BCUT2D eigenvalue weighted by Gasteiger charge is 2.30. The molecule has 39 heavy (non-hydrogen) atoms. The van der Waals surface area contributed by atoms with Crippen molar-refractivity contribution in [3.8, 4) is 17.2 Å². The number of ether oxygens (including phenoxy) is 3. The summed E-state index contributed by atoms with van der Waals surface area (Å²) in [6.07, 6.45) is -6.15. The maximum Gasteiger partial charge on any atom is 0.416 e. The molecule has 0 aliphatic carbocycles. The van der Waals surface area contributed by atoms with Gasteiger partial charge >= 0.3 is 12.4 Å². The SMILES string of the molecule is FC(F)(F)c1ccc(COC2CCN(CCCOc3cccc(Oc4ccc(C(F)(F)F)cc4)c3)CC2)cc1. The van der Waals surface area contributed by atoms with Gasteiger partial charge < -0.3 is 19.1 Å². The van der Waals surface area contributed by atoms with Crippen molar-refractivity contribution < 1.29 is 40.6 Å². The number of nitrogens with zero attached hydrogens (tertiary/aromatic N) is 1. The van der Waals surface area contributed by atoms with Gasteiger partial charge in [0.2, 0.25) is 0 Å². The van der Waals surface area contributed by atoms with Crippen LogP contribution in [0.2, 0.25) is 0 Å².